The first kappa shape index (κ1) is 17.7. The Hall–Kier alpha value is -2.70. The number of rotatable bonds is 5. The molecule has 7 heteroatoms. The van der Waals surface area contributed by atoms with Gasteiger partial charge in [0.2, 0.25) is 6.04 Å². The van der Waals surface area contributed by atoms with E-state index in [9.17, 15) is 19.7 Å². The highest BCUT2D eigenvalue weighted by atomic mass is 16.6. The minimum Gasteiger partial charge on any atom is -0.464 e. The summed E-state index contributed by atoms with van der Waals surface area (Å²) in [5, 5.41) is 13.4. The molecule has 0 aliphatic heterocycles. The van der Waals surface area contributed by atoms with Gasteiger partial charge in [0.15, 0.2) is 0 Å². The molecule has 0 saturated heterocycles. The van der Waals surface area contributed by atoms with Crippen LogP contribution in [0.5, 0.6) is 0 Å². The van der Waals surface area contributed by atoms with Gasteiger partial charge in [-0.25, -0.2) is 4.79 Å². The molecule has 1 aromatic rings. The molecule has 1 N–H and O–H groups in total. The van der Waals surface area contributed by atoms with Crippen molar-refractivity contribution in [3.8, 4) is 0 Å². The van der Waals surface area contributed by atoms with E-state index in [2.05, 4.69) is 5.32 Å². The molecular weight excluding hydrogens is 312 g/mol. The number of nitro groups is 1. The smallest absolute Gasteiger partial charge is 0.354 e. The molecule has 1 aromatic carbocycles. The fourth-order valence-corrected chi connectivity index (χ4v) is 2.77. The zero-order valence-corrected chi connectivity index (χ0v) is 13.4. The molecular formula is C17H20N2O5. The Morgan fingerprint density at radius 3 is 2.38 bits per heavy atom. The van der Waals surface area contributed by atoms with Crippen molar-refractivity contribution in [1.82, 2.24) is 5.32 Å². The van der Waals surface area contributed by atoms with Crippen LogP contribution in [0.2, 0.25) is 0 Å². The quantitative estimate of drug-likeness (QED) is 0.386. The highest BCUT2D eigenvalue weighted by Gasteiger charge is 2.28. The van der Waals surface area contributed by atoms with Gasteiger partial charge < -0.3 is 10.1 Å². The molecule has 1 fully saturated rings. The number of ether oxygens (including phenoxy) is 1. The van der Waals surface area contributed by atoms with Crippen molar-refractivity contribution in [3.05, 3.63) is 57.8 Å². The standard InChI is InChI=1S/C17H20N2O5/c1-24-17(21)15(18-16(20)13-5-3-2-4-6-13)11-12-7-9-14(10-8-12)19(22)23/h2-6,11-12,14H,7-10H2,1H3,(H,18,20)/b15-11-. The molecule has 1 aliphatic carbocycles. The van der Waals surface area contributed by atoms with Crippen LogP contribution < -0.4 is 5.32 Å². The summed E-state index contributed by atoms with van der Waals surface area (Å²) in [5.74, 6) is -1.02. The molecule has 1 saturated carbocycles. The van der Waals surface area contributed by atoms with Gasteiger partial charge >= 0.3 is 5.97 Å². The fraction of sp³-hybridized carbons (Fsp3) is 0.412. The number of amides is 1. The van der Waals surface area contributed by atoms with Crippen molar-refractivity contribution in [2.75, 3.05) is 7.11 Å². The van der Waals surface area contributed by atoms with E-state index in [4.69, 9.17) is 4.74 Å². The van der Waals surface area contributed by atoms with Crippen molar-refractivity contribution >= 4 is 11.9 Å². The number of nitrogens with zero attached hydrogens (tertiary/aromatic N) is 1. The van der Waals surface area contributed by atoms with E-state index in [-0.39, 0.29) is 16.5 Å². The van der Waals surface area contributed by atoms with Gasteiger partial charge in [-0.2, -0.15) is 0 Å². The number of methoxy groups -OCH3 is 1. The maximum Gasteiger partial charge on any atom is 0.354 e. The van der Waals surface area contributed by atoms with Gasteiger partial charge in [0.05, 0.1) is 7.11 Å². The summed E-state index contributed by atoms with van der Waals surface area (Å²) in [6, 6.07) is 8.03. The van der Waals surface area contributed by atoms with E-state index in [1.807, 2.05) is 0 Å². The van der Waals surface area contributed by atoms with Gasteiger partial charge in [0, 0.05) is 23.3 Å². The van der Waals surface area contributed by atoms with Crippen LogP contribution in [0.25, 0.3) is 0 Å². The zero-order valence-electron chi connectivity index (χ0n) is 13.4. The second kappa shape index (κ2) is 8.24. The second-order valence-electron chi connectivity index (χ2n) is 5.75. The lowest BCUT2D eigenvalue weighted by molar-refractivity contribution is -0.526. The van der Waals surface area contributed by atoms with Crippen LogP contribution >= 0.6 is 0 Å². The fourth-order valence-electron chi connectivity index (χ4n) is 2.77. The summed E-state index contributed by atoms with van der Waals surface area (Å²) >= 11 is 0. The Balaban J connectivity index is 2.07. The molecule has 128 valence electrons. The number of carbonyl (C=O) groups is 2. The zero-order chi connectivity index (χ0) is 17.5. The molecule has 1 aliphatic rings. The number of hydrogen-bond donors (Lipinski definition) is 1. The van der Waals surface area contributed by atoms with Crippen molar-refractivity contribution in [2.45, 2.75) is 31.7 Å². The molecule has 1 amide bonds. The molecule has 0 spiro atoms. The Bertz CT molecular complexity index is 634. The predicted molar refractivity (Wildman–Crippen MR) is 86.7 cm³/mol. The predicted octanol–water partition coefficient (Wildman–Crippen LogP) is 2.31. The summed E-state index contributed by atoms with van der Waals surface area (Å²) in [6.07, 6.45) is 3.80. The monoisotopic (exact) mass is 332 g/mol. The number of esters is 1. The van der Waals surface area contributed by atoms with Crippen LogP contribution in [0.3, 0.4) is 0 Å². The Morgan fingerprint density at radius 1 is 1.21 bits per heavy atom. The summed E-state index contributed by atoms with van der Waals surface area (Å²) < 4.78 is 4.72. The molecule has 0 radical (unpaired) electrons. The highest BCUT2D eigenvalue weighted by Crippen LogP contribution is 2.27. The van der Waals surface area contributed by atoms with Crippen LogP contribution in [0.15, 0.2) is 42.1 Å². The van der Waals surface area contributed by atoms with E-state index in [0.717, 1.165) is 0 Å². The molecule has 2 rings (SSSR count). The summed E-state index contributed by atoms with van der Waals surface area (Å²) in [5.41, 5.74) is 0.514. The van der Waals surface area contributed by atoms with Gasteiger partial charge in [-0.1, -0.05) is 24.3 Å². The van der Waals surface area contributed by atoms with Crippen LogP contribution in [0, 0.1) is 16.0 Å². The molecule has 0 bridgehead atoms. The van der Waals surface area contributed by atoms with Gasteiger partial charge in [0.25, 0.3) is 5.91 Å². The SMILES string of the molecule is COC(=O)/C(=C/C1CCC([N+](=O)[O-])CC1)NC(=O)c1ccccc1. The lowest BCUT2D eigenvalue weighted by Gasteiger charge is -2.22. The van der Waals surface area contributed by atoms with Crippen molar-refractivity contribution in [2.24, 2.45) is 5.92 Å². The molecule has 0 heterocycles. The molecule has 0 aromatic heterocycles. The third-order valence-electron chi connectivity index (χ3n) is 4.13. The molecule has 0 atom stereocenters. The number of nitrogens with one attached hydrogen (secondary N) is 1. The van der Waals surface area contributed by atoms with E-state index in [1.54, 1.807) is 36.4 Å². The van der Waals surface area contributed by atoms with E-state index in [0.29, 0.717) is 31.2 Å². The van der Waals surface area contributed by atoms with E-state index >= 15 is 0 Å². The first-order chi connectivity index (χ1) is 11.5. The maximum absolute atomic E-state index is 12.2. The van der Waals surface area contributed by atoms with E-state index < -0.39 is 17.9 Å². The average Bonchev–Trinajstić information content (AvgIpc) is 2.61. The lowest BCUT2D eigenvalue weighted by atomic mass is 9.85. The number of benzene rings is 1. The van der Waals surface area contributed by atoms with Crippen molar-refractivity contribution < 1.29 is 19.2 Å². The second-order valence-corrected chi connectivity index (χ2v) is 5.75. The van der Waals surface area contributed by atoms with Crippen LogP contribution in [0.1, 0.15) is 36.0 Å². The highest BCUT2D eigenvalue weighted by molar-refractivity contribution is 6.01. The third-order valence-corrected chi connectivity index (χ3v) is 4.13. The van der Waals surface area contributed by atoms with Gasteiger partial charge in [-0.05, 0) is 30.9 Å². The van der Waals surface area contributed by atoms with Gasteiger partial charge in [-0.3, -0.25) is 14.9 Å². The summed E-state index contributed by atoms with van der Waals surface area (Å²) in [4.78, 5) is 34.7. The number of carbonyl (C=O) groups excluding carboxylic acids is 2. The van der Waals surface area contributed by atoms with E-state index in [1.165, 1.54) is 7.11 Å². The molecule has 24 heavy (non-hydrogen) atoms. The third kappa shape index (κ3) is 4.65. The van der Waals surface area contributed by atoms with Crippen LogP contribution in [-0.2, 0) is 9.53 Å². The molecule has 7 nitrogen and oxygen atoms in total. The Labute approximate surface area is 139 Å². The summed E-state index contributed by atoms with van der Waals surface area (Å²) in [6.45, 7) is 0. The first-order valence-corrected chi connectivity index (χ1v) is 7.81. The minimum atomic E-state index is -0.629. The number of allylic oxidation sites excluding steroid dienone is 1. The Kier molecular flexibility index (Phi) is 6.06. The topological polar surface area (TPSA) is 98.5 Å². The minimum absolute atomic E-state index is 0.00590. The maximum atomic E-state index is 12.2. The van der Waals surface area contributed by atoms with Crippen molar-refractivity contribution in [1.29, 1.82) is 0 Å². The van der Waals surface area contributed by atoms with Gasteiger partial charge in [-0.15, -0.1) is 0 Å². The largest absolute Gasteiger partial charge is 0.464 e. The average molecular weight is 332 g/mol. The normalized spacial score (nSPS) is 21.0. The van der Waals surface area contributed by atoms with Crippen LogP contribution in [-0.4, -0.2) is 30.0 Å². The van der Waals surface area contributed by atoms with Crippen LogP contribution in [0.4, 0.5) is 0 Å². The first-order valence-electron chi connectivity index (χ1n) is 7.81. The lowest BCUT2D eigenvalue weighted by Crippen LogP contribution is -2.30. The number of hydrogen-bond acceptors (Lipinski definition) is 5. The van der Waals surface area contributed by atoms with Gasteiger partial charge in [0.1, 0.15) is 5.70 Å². The van der Waals surface area contributed by atoms with Crippen molar-refractivity contribution in [3.63, 3.8) is 0 Å². The molecule has 0 unspecified atom stereocenters. The Morgan fingerprint density at radius 2 is 1.83 bits per heavy atom. The summed E-state index contributed by atoms with van der Waals surface area (Å²) in [7, 11) is 1.24.